The van der Waals surface area contributed by atoms with Crippen LogP contribution < -0.4 is 10.5 Å². The normalized spacial score (nSPS) is 11.5. The Labute approximate surface area is 136 Å². The highest BCUT2D eigenvalue weighted by molar-refractivity contribution is 9.10. The third-order valence-electron chi connectivity index (χ3n) is 3.02. The molecule has 0 saturated carbocycles. The maximum absolute atomic E-state index is 8.67. The van der Waals surface area contributed by atoms with Gasteiger partial charge in [-0.2, -0.15) is 0 Å². The molecule has 0 atom stereocenters. The minimum absolute atomic E-state index is 0.0847. The molecule has 4 nitrogen and oxygen atoms in total. The summed E-state index contributed by atoms with van der Waals surface area (Å²) in [5.74, 6) is 0.710. The average molecular weight is 370 g/mol. The van der Waals surface area contributed by atoms with Crippen molar-refractivity contribution in [2.24, 2.45) is 10.9 Å². The highest BCUT2D eigenvalue weighted by Gasteiger charge is 2.06. The number of aryl methyl sites for hydroxylation is 1. The van der Waals surface area contributed by atoms with Crippen molar-refractivity contribution < 1.29 is 9.94 Å². The van der Waals surface area contributed by atoms with Gasteiger partial charge >= 0.3 is 0 Å². The lowest BCUT2D eigenvalue weighted by Gasteiger charge is -2.11. The van der Waals surface area contributed by atoms with E-state index in [9.17, 15) is 0 Å². The van der Waals surface area contributed by atoms with Gasteiger partial charge < -0.3 is 15.7 Å². The summed E-state index contributed by atoms with van der Waals surface area (Å²) in [6.45, 7) is 2.33. The summed E-state index contributed by atoms with van der Waals surface area (Å²) in [4.78, 5) is 0. The molecule has 0 saturated heterocycles. The van der Waals surface area contributed by atoms with Gasteiger partial charge in [-0.15, -0.1) is 0 Å². The van der Waals surface area contributed by atoms with Crippen molar-refractivity contribution in [2.75, 3.05) is 0 Å². The van der Waals surface area contributed by atoms with Gasteiger partial charge in [-0.1, -0.05) is 44.8 Å². The van der Waals surface area contributed by atoms with Crippen LogP contribution in [0.5, 0.6) is 5.75 Å². The molecule has 6 heteroatoms. The van der Waals surface area contributed by atoms with Crippen LogP contribution in [-0.4, -0.2) is 11.0 Å². The van der Waals surface area contributed by atoms with Crippen molar-refractivity contribution in [1.29, 1.82) is 0 Å². The molecule has 0 aliphatic heterocycles. The van der Waals surface area contributed by atoms with E-state index in [2.05, 4.69) is 21.1 Å². The third kappa shape index (κ3) is 3.89. The molecule has 0 aliphatic rings. The highest BCUT2D eigenvalue weighted by atomic mass is 79.9. The molecule has 0 heterocycles. The lowest BCUT2D eigenvalue weighted by molar-refractivity contribution is 0.305. The minimum Gasteiger partial charge on any atom is -0.487 e. The zero-order chi connectivity index (χ0) is 15.4. The van der Waals surface area contributed by atoms with Crippen LogP contribution in [-0.2, 0) is 6.61 Å². The van der Waals surface area contributed by atoms with E-state index in [1.54, 1.807) is 12.1 Å². The fourth-order valence-electron chi connectivity index (χ4n) is 1.82. The smallest absolute Gasteiger partial charge is 0.170 e. The molecule has 3 N–H and O–H groups in total. The standard InChI is InChI=1S/C15H14BrClN2O2/c1-9-6-10(15(18)19-20)2-3-11(9)8-21-14-5-4-12(16)7-13(14)17/h2-7,20H,8H2,1H3,(H2,18,19). The number of ether oxygens (including phenoxy) is 1. The zero-order valence-electron chi connectivity index (χ0n) is 11.3. The number of nitrogens with zero attached hydrogens (tertiary/aromatic N) is 1. The van der Waals surface area contributed by atoms with Crippen molar-refractivity contribution in [3.05, 3.63) is 62.6 Å². The van der Waals surface area contributed by atoms with Crippen LogP contribution >= 0.6 is 27.5 Å². The molecule has 0 radical (unpaired) electrons. The first-order valence-electron chi connectivity index (χ1n) is 6.16. The summed E-state index contributed by atoms with van der Waals surface area (Å²) in [6, 6.07) is 11.0. The maximum atomic E-state index is 8.67. The summed E-state index contributed by atoms with van der Waals surface area (Å²) < 4.78 is 6.62. The molecule has 21 heavy (non-hydrogen) atoms. The Hall–Kier alpha value is -1.72. The molecule has 110 valence electrons. The Bertz CT molecular complexity index is 689. The van der Waals surface area contributed by atoms with E-state index in [4.69, 9.17) is 27.3 Å². The van der Waals surface area contributed by atoms with Crippen LogP contribution in [0.15, 0.2) is 46.0 Å². The summed E-state index contributed by atoms with van der Waals surface area (Å²) in [5, 5.41) is 12.2. The summed E-state index contributed by atoms with van der Waals surface area (Å²) >= 11 is 9.45. The molecule has 2 aromatic carbocycles. The van der Waals surface area contributed by atoms with Crippen molar-refractivity contribution >= 4 is 33.4 Å². The first kappa shape index (κ1) is 15.7. The summed E-state index contributed by atoms with van der Waals surface area (Å²) in [5.41, 5.74) is 8.22. The molecule has 0 amide bonds. The second kappa shape index (κ2) is 6.83. The molecular formula is C15H14BrClN2O2. The third-order valence-corrected chi connectivity index (χ3v) is 3.81. The molecular weight excluding hydrogens is 356 g/mol. The Morgan fingerprint density at radius 1 is 1.33 bits per heavy atom. The fraction of sp³-hybridized carbons (Fsp3) is 0.133. The molecule has 0 bridgehead atoms. The van der Waals surface area contributed by atoms with Crippen LogP contribution in [0.4, 0.5) is 0 Å². The molecule has 2 aromatic rings. The van der Waals surface area contributed by atoms with Crippen molar-refractivity contribution in [3.8, 4) is 5.75 Å². The van der Waals surface area contributed by atoms with Crippen LogP contribution in [0.3, 0.4) is 0 Å². The Morgan fingerprint density at radius 3 is 2.71 bits per heavy atom. The first-order valence-corrected chi connectivity index (χ1v) is 7.33. The summed E-state index contributed by atoms with van der Waals surface area (Å²) in [6.07, 6.45) is 0. The topological polar surface area (TPSA) is 67.8 Å². The number of halogens is 2. The molecule has 2 rings (SSSR count). The summed E-state index contributed by atoms with van der Waals surface area (Å²) in [7, 11) is 0. The maximum Gasteiger partial charge on any atom is 0.170 e. The van der Waals surface area contributed by atoms with E-state index in [1.807, 2.05) is 31.2 Å². The van der Waals surface area contributed by atoms with E-state index in [1.165, 1.54) is 0 Å². The first-order chi connectivity index (χ1) is 10.0. The van der Waals surface area contributed by atoms with Crippen molar-refractivity contribution in [2.45, 2.75) is 13.5 Å². The lowest BCUT2D eigenvalue weighted by Crippen LogP contribution is -2.13. The molecule has 0 fully saturated rings. The van der Waals surface area contributed by atoms with Gasteiger partial charge in [-0.05, 0) is 42.3 Å². The van der Waals surface area contributed by atoms with Gasteiger partial charge in [0.15, 0.2) is 5.84 Å². The number of benzene rings is 2. The van der Waals surface area contributed by atoms with E-state index in [0.717, 1.165) is 15.6 Å². The quantitative estimate of drug-likeness (QED) is 0.369. The van der Waals surface area contributed by atoms with Gasteiger partial charge in [0, 0.05) is 10.0 Å². The predicted molar refractivity (Wildman–Crippen MR) is 87.2 cm³/mol. The molecule has 0 spiro atoms. The fourth-order valence-corrected chi connectivity index (χ4v) is 2.55. The molecule has 0 aliphatic carbocycles. The number of amidine groups is 1. The van der Waals surface area contributed by atoms with Crippen LogP contribution in [0, 0.1) is 6.92 Å². The second-order valence-corrected chi connectivity index (χ2v) is 5.81. The van der Waals surface area contributed by atoms with Crippen LogP contribution in [0.1, 0.15) is 16.7 Å². The number of nitrogens with two attached hydrogens (primary N) is 1. The van der Waals surface area contributed by atoms with E-state index in [0.29, 0.717) is 22.9 Å². The number of rotatable bonds is 4. The van der Waals surface area contributed by atoms with Gasteiger partial charge in [0.25, 0.3) is 0 Å². The van der Waals surface area contributed by atoms with Gasteiger partial charge in [0.1, 0.15) is 12.4 Å². The van der Waals surface area contributed by atoms with E-state index < -0.39 is 0 Å². The predicted octanol–water partition coefficient (Wildman–Crippen LogP) is 4.08. The Morgan fingerprint density at radius 2 is 2.10 bits per heavy atom. The average Bonchev–Trinajstić information content (AvgIpc) is 2.46. The Balaban J connectivity index is 2.13. The molecule has 0 unspecified atom stereocenters. The van der Waals surface area contributed by atoms with Gasteiger partial charge in [0.05, 0.1) is 5.02 Å². The van der Waals surface area contributed by atoms with Crippen LogP contribution in [0.2, 0.25) is 5.02 Å². The monoisotopic (exact) mass is 368 g/mol. The van der Waals surface area contributed by atoms with E-state index in [-0.39, 0.29) is 5.84 Å². The van der Waals surface area contributed by atoms with Crippen molar-refractivity contribution in [1.82, 2.24) is 0 Å². The number of hydrogen-bond acceptors (Lipinski definition) is 3. The van der Waals surface area contributed by atoms with Gasteiger partial charge in [-0.25, -0.2) is 0 Å². The lowest BCUT2D eigenvalue weighted by atomic mass is 10.1. The second-order valence-electron chi connectivity index (χ2n) is 4.49. The Kier molecular flexibility index (Phi) is 5.09. The SMILES string of the molecule is Cc1cc(/C(N)=N/O)ccc1COc1ccc(Br)cc1Cl. The van der Waals surface area contributed by atoms with E-state index >= 15 is 0 Å². The van der Waals surface area contributed by atoms with Crippen LogP contribution in [0.25, 0.3) is 0 Å². The number of hydrogen-bond donors (Lipinski definition) is 2. The van der Waals surface area contributed by atoms with Crippen molar-refractivity contribution in [3.63, 3.8) is 0 Å². The van der Waals surface area contributed by atoms with Gasteiger partial charge in [0.2, 0.25) is 0 Å². The largest absolute Gasteiger partial charge is 0.487 e. The minimum atomic E-state index is 0.0847. The number of oxime groups is 1. The van der Waals surface area contributed by atoms with Gasteiger partial charge in [-0.3, -0.25) is 0 Å². The zero-order valence-corrected chi connectivity index (χ0v) is 13.6. The highest BCUT2D eigenvalue weighted by Crippen LogP contribution is 2.28. The molecule has 0 aromatic heterocycles.